The fourth-order valence-electron chi connectivity index (χ4n) is 3.42. The smallest absolute Gasteiger partial charge is 0.258 e. The lowest BCUT2D eigenvalue weighted by atomic mass is 10.1. The molecule has 0 saturated carbocycles. The second-order valence-electron chi connectivity index (χ2n) is 7.48. The maximum Gasteiger partial charge on any atom is 0.258 e. The van der Waals surface area contributed by atoms with Gasteiger partial charge in [0.15, 0.2) is 0 Å². The summed E-state index contributed by atoms with van der Waals surface area (Å²) in [5, 5.41) is 8.77. The monoisotopic (exact) mass is 461 g/mol. The van der Waals surface area contributed by atoms with Crippen molar-refractivity contribution in [3.05, 3.63) is 101 Å². The molecule has 1 amide bonds. The van der Waals surface area contributed by atoms with E-state index in [0.717, 1.165) is 12.0 Å². The Bertz CT molecular complexity index is 1210. The minimum Gasteiger partial charge on any atom is -0.488 e. The van der Waals surface area contributed by atoms with Crippen LogP contribution in [0.5, 0.6) is 5.75 Å². The molecule has 0 aliphatic carbocycles. The van der Waals surface area contributed by atoms with Crippen LogP contribution in [0.1, 0.15) is 35.2 Å². The lowest BCUT2D eigenvalue weighted by molar-refractivity contribution is 0.0723. The van der Waals surface area contributed by atoms with Gasteiger partial charge in [-0.05, 0) is 36.2 Å². The van der Waals surface area contributed by atoms with E-state index in [1.165, 1.54) is 0 Å². The summed E-state index contributed by atoms with van der Waals surface area (Å²) < 4.78 is 11.8. The van der Waals surface area contributed by atoms with Gasteiger partial charge in [0.05, 0.1) is 22.7 Å². The van der Waals surface area contributed by atoms with Gasteiger partial charge in [0.2, 0.25) is 11.8 Å². The van der Waals surface area contributed by atoms with Gasteiger partial charge in [-0.25, -0.2) is 0 Å². The Morgan fingerprint density at radius 1 is 0.970 bits per heavy atom. The number of carbonyl (C=O) groups excluding carboxylic acids is 1. The van der Waals surface area contributed by atoms with Crippen LogP contribution in [0.3, 0.4) is 0 Å². The molecule has 0 radical (unpaired) electrons. The van der Waals surface area contributed by atoms with Crippen molar-refractivity contribution in [3.8, 4) is 17.2 Å². The summed E-state index contributed by atoms with van der Waals surface area (Å²) in [6.07, 6.45) is 0.782. The van der Waals surface area contributed by atoms with Crippen molar-refractivity contribution in [2.24, 2.45) is 0 Å². The Balaban J connectivity index is 1.52. The van der Waals surface area contributed by atoms with Crippen molar-refractivity contribution in [2.45, 2.75) is 26.5 Å². The van der Waals surface area contributed by atoms with Crippen molar-refractivity contribution in [3.63, 3.8) is 0 Å². The second-order valence-corrected chi connectivity index (χ2v) is 7.89. The number of hydrogen-bond acceptors (Lipinski definition) is 5. The number of benzene rings is 3. The summed E-state index contributed by atoms with van der Waals surface area (Å²) >= 11 is 6.24. The number of hydrogen-bond donors (Lipinski definition) is 0. The summed E-state index contributed by atoms with van der Waals surface area (Å²) in [6, 6.07) is 24.4. The molecule has 7 heteroatoms. The first kappa shape index (κ1) is 22.6. The van der Waals surface area contributed by atoms with Crippen LogP contribution in [0.15, 0.2) is 83.3 Å². The molecule has 6 nitrogen and oxygen atoms in total. The maximum absolute atomic E-state index is 13.4. The molecule has 4 rings (SSSR count). The Hall–Kier alpha value is -3.64. The van der Waals surface area contributed by atoms with Gasteiger partial charge in [-0.2, -0.15) is 0 Å². The van der Waals surface area contributed by atoms with Gasteiger partial charge in [-0.15, -0.1) is 10.2 Å². The van der Waals surface area contributed by atoms with Crippen LogP contribution >= 0.6 is 11.6 Å². The van der Waals surface area contributed by atoms with Gasteiger partial charge in [0.1, 0.15) is 12.4 Å². The van der Waals surface area contributed by atoms with E-state index in [9.17, 15) is 4.79 Å². The van der Waals surface area contributed by atoms with E-state index in [4.69, 9.17) is 20.8 Å². The molecule has 0 spiro atoms. The number of halogens is 1. The number of rotatable bonds is 9. The molecule has 0 N–H and O–H groups in total. The molecule has 1 aromatic heterocycles. The predicted octanol–water partition coefficient (Wildman–Crippen LogP) is 6.02. The molecular formula is C26H24ClN3O3. The molecule has 0 atom stereocenters. The van der Waals surface area contributed by atoms with E-state index < -0.39 is 0 Å². The van der Waals surface area contributed by atoms with Crippen molar-refractivity contribution in [2.75, 3.05) is 6.54 Å². The molecule has 1 heterocycles. The fourth-order valence-corrected chi connectivity index (χ4v) is 3.64. The number of para-hydroxylation sites is 1. The van der Waals surface area contributed by atoms with E-state index >= 15 is 0 Å². The SMILES string of the molecule is CCCN(Cc1nnc(-c2ccccc2Cl)o1)C(=O)c1ccccc1OCc1ccccc1. The zero-order chi connectivity index (χ0) is 23.0. The minimum absolute atomic E-state index is 0.155. The summed E-state index contributed by atoms with van der Waals surface area (Å²) in [5.74, 6) is 1.05. The molecule has 0 fully saturated rings. The normalized spacial score (nSPS) is 10.7. The largest absolute Gasteiger partial charge is 0.488 e. The minimum atomic E-state index is -0.155. The number of aromatic nitrogens is 2. The average Bonchev–Trinajstić information content (AvgIpc) is 3.31. The van der Waals surface area contributed by atoms with E-state index in [-0.39, 0.29) is 12.5 Å². The summed E-state index contributed by atoms with van der Waals surface area (Å²) in [4.78, 5) is 15.1. The standard InChI is InChI=1S/C26H24ClN3O3/c1-2-16-30(17-24-28-29-25(33-24)20-12-6-8-14-22(20)27)26(31)21-13-7-9-15-23(21)32-18-19-10-4-3-5-11-19/h3-15H,2,16-18H2,1H3. The van der Waals surface area contributed by atoms with Gasteiger partial charge in [-0.1, -0.05) is 73.1 Å². The third kappa shape index (κ3) is 5.59. The highest BCUT2D eigenvalue weighted by molar-refractivity contribution is 6.33. The van der Waals surface area contributed by atoms with Crippen LogP contribution < -0.4 is 4.74 Å². The molecule has 0 saturated heterocycles. The molecule has 33 heavy (non-hydrogen) atoms. The fraction of sp³-hybridized carbons (Fsp3) is 0.192. The average molecular weight is 462 g/mol. The molecule has 0 aliphatic heterocycles. The van der Waals surface area contributed by atoms with E-state index in [1.807, 2.05) is 73.7 Å². The van der Waals surface area contributed by atoms with E-state index in [1.54, 1.807) is 17.0 Å². The van der Waals surface area contributed by atoms with E-state index in [2.05, 4.69) is 10.2 Å². The number of ether oxygens (including phenoxy) is 1. The number of carbonyl (C=O) groups is 1. The van der Waals surface area contributed by atoms with Crippen molar-refractivity contribution in [1.29, 1.82) is 0 Å². The zero-order valence-corrected chi connectivity index (χ0v) is 19.0. The van der Waals surface area contributed by atoms with Crippen molar-refractivity contribution >= 4 is 17.5 Å². The Kier molecular flexibility index (Phi) is 7.37. The number of amides is 1. The predicted molar refractivity (Wildman–Crippen MR) is 127 cm³/mol. The van der Waals surface area contributed by atoms with Crippen LogP contribution in [0.4, 0.5) is 0 Å². The molecular weight excluding hydrogens is 438 g/mol. The zero-order valence-electron chi connectivity index (χ0n) is 18.3. The Morgan fingerprint density at radius 3 is 2.48 bits per heavy atom. The molecule has 0 unspecified atom stereocenters. The molecule has 0 aliphatic rings. The lowest BCUT2D eigenvalue weighted by Crippen LogP contribution is -2.31. The first-order valence-electron chi connectivity index (χ1n) is 10.8. The van der Waals surface area contributed by atoms with Gasteiger partial charge < -0.3 is 14.1 Å². The highest BCUT2D eigenvalue weighted by Gasteiger charge is 2.22. The van der Waals surface area contributed by atoms with Gasteiger partial charge >= 0.3 is 0 Å². The Morgan fingerprint density at radius 2 is 1.70 bits per heavy atom. The Labute approximate surface area is 197 Å². The molecule has 4 aromatic rings. The van der Waals surface area contributed by atoms with Crippen LogP contribution in [-0.4, -0.2) is 27.5 Å². The second kappa shape index (κ2) is 10.8. The summed E-state index contributed by atoms with van der Waals surface area (Å²) in [6.45, 7) is 3.12. The quantitative estimate of drug-likeness (QED) is 0.305. The van der Waals surface area contributed by atoms with Crippen molar-refractivity contribution in [1.82, 2.24) is 15.1 Å². The first-order valence-corrected chi connectivity index (χ1v) is 11.2. The highest BCUT2D eigenvalue weighted by Crippen LogP contribution is 2.27. The van der Waals surface area contributed by atoms with Crippen LogP contribution in [0, 0.1) is 0 Å². The first-order chi connectivity index (χ1) is 16.2. The lowest BCUT2D eigenvalue weighted by Gasteiger charge is -2.22. The third-order valence-corrected chi connectivity index (χ3v) is 5.36. The molecule has 0 bridgehead atoms. The number of nitrogens with zero attached hydrogens (tertiary/aromatic N) is 3. The topological polar surface area (TPSA) is 68.5 Å². The highest BCUT2D eigenvalue weighted by atomic mass is 35.5. The van der Waals surface area contributed by atoms with Crippen LogP contribution in [0.2, 0.25) is 5.02 Å². The summed E-state index contributed by atoms with van der Waals surface area (Å²) in [5.41, 5.74) is 2.18. The summed E-state index contributed by atoms with van der Waals surface area (Å²) in [7, 11) is 0. The van der Waals surface area contributed by atoms with E-state index in [0.29, 0.717) is 46.8 Å². The molecule has 168 valence electrons. The molecule has 3 aromatic carbocycles. The van der Waals surface area contributed by atoms with Gasteiger partial charge in [-0.3, -0.25) is 4.79 Å². The van der Waals surface area contributed by atoms with Gasteiger partial charge in [0.25, 0.3) is 5.91 Å². The maximum atomic E-state index is 13.4. The van der Waals surface area contributed by atoms with Crippen LogP contribution in [0.25, 0.3) is 11.5 Å². The van der Waals surface area contributed by atoms with Gasteiger partial charge in [0, 0.05) is 6.54 Å². The van der Waals surface area contributed by atoms with Crippen molar-refractivity contribution < 1.29 is 13.9 Å². The third-order valence-electron chi connectivity index (χ3n) is 5.03. The van der Waals surface area contributed by atoms with Crippen LogP contribution in [-0.2, 0) is 13.2 Å².